The lowest BCUT2D eigenvalue weighted by Gasteiger charge is -2.05. The van der Waals surface area contributed by atoms with Crippen molar-refractivity contribution in [3.63, 3.8) is 0 Å². The summed E-state index contributed by atoms with van der Waals surface area (Å²) in [6.45, 7) is 1.72. The van der Waals surface area contributed by atoms with Crippen molar-refractivity contribution < 1.29 is 5.11 Å². The first-order valence-electron chi connectivity index (χ1n) is 4.40. The van der Waals surface area contributed by atoms with Crippen LogP contribution < -0.4 is 0 Å². The second-order valence-corrected chi connectivity index (χ2v) is 3.10. The molecule has 1 atom stereocenters. The Morgan fingerprint density at radius 2 is 2.29 bits per heavy atom. The van der Waals surface area contributed by atoms with E-state index < -0.39 is 6.10 Å². The summed E-state index contributed by atoms with van der Waals surface area (Å²) in [5.41, 5.74) is 0.814. The van der Waals surface area contributed by atoms with Crippen molar-refractivity contribution in [2.75, 3.05) is 0 Å². The fourth-order valence-corrected chi connectivity index (χ4v) is 1.19. The number of pyridine rings is 1. The molecule has 0 saturated carbocycles. The number of rotatable bonds is 2. The second kappa shape index (κ2) is 3.59. The van der Waals surface area contributed by atoms with E-state index in [0.717, 1.165) is 11.4 Å². The number of aromatic nitrogens is 3. The minimum atomic E-state index is -0.473. The van der Waals surface area contributed by atoms with Crippen LogP contribution in [0.5, 0.6) is 0 Å². The van der Waals surface area contributed by atoms with Gasteiger partial charge in [0.2, 0.25) is 0 Å². The third kappa shape index (κ3) is 1.65. The molecule has 2 aromatic heterocycles. The Hall–Kier alpha value is -1.68. The summed E-state index contributed by atoms with van der Waals surface area (Å²) in [5.74, 6) is 0.798. The molecule has 4 heteroatoms. The fourth-order valence-electron chi connectivity index (χ4n) is 1.19. The van der Waals surface area contributed by atoms with Gasteiger partial charge in [0.05, 0.1) is 6.10 Å². The van der Waals surface area contributed by atoms with Crippen LogP contribution in [0.25, 0.3) is 5.82 Å². The van der Waals surface area contributed by atoms with E-state index in [-0.39, 0.29) is 0 Å². The molecule has 0 bridgehead atoms. The van der Waals surface area contributed by atoms with E-state index in [9.17, 15) is 5.11 Å². The molecule has 2 heterocycles. The van der Waals surface area contributed by atoms with Crippen molar-refractivity contribution in [3.05, 3.63) is 42.6 Å². The number of hydrogen-bond acceptors (Lipinski definition) is 3. The number of aliphatic hydroxyl groups excluding tert-OH is 1. The molecule has 14 heavy (non-hydrogen) atoms. The zero-order chi connectivity index (χ0) is 9.97. The third-order valence-corrected chi connectivity index (χ3v) is 2.02. The van der Waals surface area contributed by atoms with Gasteiger partial charge in [-0.2, -0.15) is 0 Å². The predicted octanol–water partition coefficient (Wildman–Crippen LogP) is 1.32. The zero-order valence-corrected chi connectivity index (χ0v) is 7.83. The predicted molar refractivity (Wildman–Crippen MR) is 52.0 cm³/mol. The van der Waals surface area contributed by atoms with E-state index in [1.54, 1.807) is 25.6 Å². The van der Waals surface area contributed by atoms with Gasteiger partial charge in [-0.15, -0.1) is 0 Å². The van der Waals surface area contributed by atoms with Gasteiger partial charge in [0, 0.05) is 18.6 Å². The summed E-state index contributed by atoms with van der Waals surface area (Å²) in [6, 6.07) is 3.71. The molecular formula is C10H11N3O. The Morgan fingerprint density at radius 1 is 1.43 bits per heavy atom. The van der Waals surface area contributed by atoms with Crippen molar-refractivity contribution in [1.29, 1.82) is 0 Å². The minimum absolute atomic E-state index is 0.473. The van der Waals surface area contributed by atoms with E-state index in [4.69, 9.17) is 0 Å². The lowest BCUT2D eigenvalue weighted by molar-refractivity contribution is 0.199. The number of hydrogen-bond donors (Lipinski definition) is 1. The van der Waals surface area contributed by atoms with E-state index >= 15 is 0 Å². The Kier molecular flexibility index (Phi) is 2.28. The van der Waals surface area contributed by atoms with Crippen LogP contribution in [-0.2, 0) is 0 Å². The van der Waals surface area contributed by atoms with Gasteiger partial charge < -0.3 is 5.11 Å². The molecule has 4 nitrogen and oxygen atoms in total. The molecule has 0 aromatic carbocycles. The molecular weight excluding hydrogens is 178 g/mol. The molecule has 0 aliphatic rings. The van der Waals surface area contributed by atoms with Crippen LogP contribution in [-0.4, -0.2) is 19.6 Å². The maximum Gasteiger partial charge on any atom is 0.137 e. The van der Waals surface area contributed by atoms with Crippen molar-refractivity contribution in [2.24, 2.45) is 0 Å². The summed E-state index contributed by atoms with van der Waals surface area (Å²) in [5, 5.41) is 9.29. The van der Waals surface area contributed by atoms with Crippen LogP contribution in [0.2, 0.25) is 0 Å². The summed E-state index contributed by atoms with van der Waals surface area (Å²) in [6.07, 6.45) is 6.40. The highest BCUT2D eigenvalue weighted by molar-refractivity contribution is 5.26. The average molecular weight is 189 g/mol. The number of aliphatic hydroxyl groups is 1. The molecule has 0 radical (unpaired) electrons. The van der Waals surface area contributed by atoms with Crippen LogP contribution in [0.4, 0.5) is 0 Å². The molecule has 0 aliphatic heterocycles. The van der Waals surface area contributed by atoms with E-state index in [1.807, 2.05) is 22.9 Å². The topological polar surface area (TPSA) is 50.9 Å². The van der Waals surface area contributed by atoms with Gasteiger partial charge in [-0.1, -0.05) is 6.07 Å². The quantitative estimate of drug-likeness (QED) is 0.775. The highest BCUT2D eigenvalue weighted by Gasteiger charge is 2.01. The molecule has 2 rings (SSSR count). The third-order valence-electron chi connectivity index (χ3n) is 2.02. The molecule has 72 valence electrons. The van der Waals surface area contributed by atoms with Gasteiger partial charge in [0.15, 0.2) is 0 Å². The van der Waals surface area contributed by atoms with Crippen LogP contribution in [0.3, 0.4) is 0 Å². The first-order valence-corrected chi connectivity index (χ1v) is 4.40. The smallest absolute Gasteiger partial charge is 0.137 e. The monoisotopic (exact) mass is 189 g/mol. The van der Waals surface area contributed by atoms with Crippen LogP contribution >= 0.6 is 0 Å². The lowest BCUT2D eigenvalue weighted by atomic mass is 10.2. The van der Waals surface area contributed by atoms with Gasteiger partial charge in [-0.25, -0.2) is 9.97 Å². The standard InChI is InChI=1S/C10H11N3O/c1-8(14)9-2-3-10(12-6-9)13-5-4-11-7-13/h2-8,14H,1H3. The summed E-state index contributed by atoms with van der Waals surface area (Å²) in [7, 11) is 0. The van der Waals surface area contributed by atoms with Gasteiger partial charge in [0.1, 0.15) is 12.1 Å². The number of imidazole rings is 1. The number of nitrogens with zero attached hydrogens (tertiary/aromatic N) is 3. The molecule has 0 spiro atoms. The first kappa shape index (κ1) is 8.90. The van der Waals surface area contributed by atoms with Crippen molar-refractivity contribution in [3.8, 4) is 5.82 Å². The average Bonchev–Trinajstić information content (AvgIpc) is 2.71. The van der Waals surface area contributed by atoms with Gasteiger partial charge in [-0.3, -0.25) is 4.57 Å². The fraction of sp³-hybridized carbons (Fsp3) is 0.200. The largest absolute Gasteiger partial charge is 0.389 e. The Morgan fingerprint density at radius 3 is 2.79 bits per heavy atom. The van der Waals surface area contributed by atoms with Crippen LogP contribution in [0.1, 0.15) is 18.6 Å². The summed E-state index contributed by atoms with van der Waals surface area (Å²) < 4.78 is 1.81. The Labute approximate surface area is 81.9 Å². The molecule has 2 aromatic rings. The second-order valence-electron chi connectivity index (χ2n) is 3.10. The molecule has 0 amide bonds. The Balaban J connectivity index is 2.31. The van der Waals surface area contributed by atoms with E-state index in [1.165, 1.54) is 0 Å². The SMILES string of the molecule is CC(O)c1ccc(-n2ccnc2)nc1. The normalized spacial score (nSPS) is 12.7. The minimum Gasteiger partial charge on any atom is -0.389 e. The molecule has 1 N–H and O–H groups in total. The molecule has 0 fully saturated rings. The summed E-state index contributed by atoms with van der Waals surface area (Å²) >= 11 is 0. The van der Waals surface area contributed by atoms with Gasteiger partial charge in [0.25, 0.3) is 0 Å². The van der Waals surface area contributed by atoms with Crippen LogP contribution in [0.15, 0.2) is 37.1 Å². The first-order chi connectivity index (χ1) is 6.77. The van der Waals surface area contributed by atoms with Gasteiger partial charge >= 0.3 is 0 Å². The van der Waals surface area contributed by atoms with Gasteiger partial charge in [-0.05, 0) is 18.6 Å². The van der Waals surface area contributed by atoms with Crippen molar-refractivity contribution in [2.45, 2.75) is 13.0 Å². The maximum atomic E-state index is 9.29. The van der Waals surface area contributed by atoms with Crippen molar-refractivity contribution in [1.82, 2.24) is 14.5 Å². The molecule has 0 saturated heterocycles. The van der Waals surface area contributed by atoms with E-state index in [0.29, 0.717) is 0 Å². The Bertz CT molecular complexity index is 392. The molecule has 0 aliphatic carbocycles. The zero-order valence-electron chi connectivity index (χ0n) is 7.83. The highest BCUT2D eigenvalue weighted by Crippen LogP contribution is 2.11. The molecule has 1 unspecified atom stereocenters. The lowest BCUT2D eigenvalue weighted by Crippen LogP contribution is -1.97. The maximum absolute atomic E-state index is 9.29. The van der Waals surface area contributed by atoms with Crippen LogP contribution in [0, 0.1) is 0 Å². The summed E-state index contributed by atoms with van der Waals surface area (Å²) in [4.78, 5) is 8.14. The van der Waals surface area contributed by atoms with E-state index in [2.05, 4.69) is 9.97 Å². The van der Waals surface area contributed by atoms with Crippen molar-refractivity contribution >= 4 is 0 Å². The highest BCUT2D eigenvalue weighted by atomic mass is 16.3.